The third-order valence-electron chi connectivity index (χ3n) is 5.52. The Morgan fingerprint density at radius 3 is 2.16 bits per heavy atom. The minimum Gasteiger partial charge on any atom is -0.497 e. The molecule has 208 valence electrons. The number of benzene rings is 3. The van der Waals surface area contributed by atoms with Gasteiger partial charge in [-0.3, -0.25) is 0 Å². The number of aliphatic hydroxyl groups is 1. The number of sulfone groups is 1. The molecule has 0 saturated carbocycles. The van der Waals surface area contributed by atoms with Crippen LogP contribution in [0.5, 0.6) is 23.0 Å². The zero-order valence-corrected chi connectivity index (χ0v) is 24.2. The summed E-state index contributed by atoms with van der Waals surface area (Å²) < 4.78 is 47.3. The summed E-state index contributed by atoms with van der Waals surface area (Å²) in [6.07, 6.45) is -0.109. The van der Waals surface area contributed by atoms with Gasteiger partial charge in [-0.1, -0.05) is 29.3 Å². The lowest BCUT2D eigenvalue weighted by molar-refractivity contribution is 0.106. The first-order chi connectivity index (χ1) is 17.7. The fourth-order valence-corrected chi connectivity index (χ4v) is 5.57. The molecule has 0 radical (unpaired) electrons. The van der Waals surface area contributed by atoms with Crippen molar-refractivity contribution in [2.75, 3.05) is 41.0 Å². The molecule has 8 nitrogen and oxygen atoms in total. The summed E-state index contributed by atoms with van der Waals surface area (Å²) in [4.78, 5) is -0.0939. The minimum atomic E-state index is -3.91. The molecule has 0 bridgehead atoms. The average molecular weight is 607 g/mol. The highest BCUT2D eigenvalue weighted by atomic mass is 35.5. The van der Waals surface area contributed by atoms with Gasteiger partial charge in [-0.2, -0.15) is 0 Å². The molecule has 3 aromatic rings. The summed E-state index contributed by atoms with van der Waals surface area (Å²) in [7, 11) is 0.751. The molecular formula is C26H30Cl3NO7S. The van der Waals surface area contributed by atoms with Gasteiger partial charge in [0.2, 0.25) is 9.84 Å². The monoisotopic (exact) mass is 605 g/mol. The largest absolute Gasteiger partial charge is 0.497 e. The second-order valence-electron chi connectivity index (χ2n) is 7.98. The predicted molar refractivity (Wildman–Crippen MR) is 150 cm³/mol. The maximum absolute atomic E-state index is 13.0. The van der Waals surface area contributed by atoms with Crippen molar-refractivity contribution in [3.63, 3.8) is 0 Å². The Morgan fingerprint density at radius 1 is 0.868 bits per heavy atom. The molecule has 0 saturated heterocycles. The van der Waals surface area contributed by atoms with Gasteiger partial charge in [0.25, 0.3) is 0 Å². The van der Waals surface area contributed by atoms with Crippen molar-refractivity contribution < 1.29 is 32.5 Å². The highest BCUT2D eigenvalue weighted by Crippen LogP contribution is 2.39. The minimum absolute atomic E-state index is 0. The lowest BCUT2D eigenvalue weighted by Gasteiger charge is -2.16. The van der Waals surface area contributed by atoms with Gasteiger partial charge >= 0.3 is 0 Å². The first-order valence-corrected chi connectivity index (χ1v) is 13.5. The van der Waals surface area contributed by atoms with Gasteiger partial charge in [-0.25, -0.2) is 8.42 Å². The van der Waals surface area contributed by atoms with E-state index in [1.165, 1.54) is 31.4 Å². The van der Waals surface area contributed by atoms with Crippen LogP contribution in [-0.4, -0.2) is 60.7 Å². The number of ether oxygens (including phenoxy) is 4. The Bertz CT molecular complexity index is 1300. The zero-order chi connectivity index (χ0) is 27.0. The lowest BCUT2D eigenvalue weighted by Crippen LogP contribution is -2.32. The molecule has 3 rings (SSSR count). The summed E-state index contributed by atoms with van der Waals surface area (Å²) in [5.41, 5.74) is 1.06. The van der Waals surface area contributed by atoms with Crippen LogP contribution >= 0.6 is 35.6 Å². The predicted octanol–water partition coefficient (Wildman–Crippen LogP) is 4.85. The highest BCUT2D eigenvalue weighted by molar-refractivity contribution is 7.91. The molecular weight excluding hydrogens is 577 g/mol. The molecule has 3 aromatic carbocycles. The Balaban J connectivity index is 0.00000507. The molecule has 0 aliphatic rings. The van der Waals surface area contributed by atoms with E-state index in [2.05, 4.69) is 5.32 Å². The van der Waals surface area contributed by atoms with Crippen molar-refractivity contribution >= 4 is 45.4 Å². The normalized spacial score (nSPS) is 11.8. The van der Waals surface area contributed by atoms with Crippen LogP contribution in [0, 0.1) is 0 Å². The molecule has 12 heteroatoms. The Hall–Kier alpha value is -2.40. The van der Waals surface area contributed by atoms with Crippen molar-refractivity contribution in [1.82, 2.24) is 5.32 Å². The molecule has 0 fully saturated rings. The number of halogens is 3. The lowest BCUT2D eigenvalue weighted by atomic mass is 10.1. The van der Waals surface area contributed by atoms with E-state index in [0.29, 0.717) is 23.8 Å². The fourth-order valence-electron chi connectivity index (χ4n) is 3.50. The zero-order valence-electron chi connectivity index (χ0n) is 21.1. The Morgan fingerprint density at radius 2 is 1.53 bits per heavy atom. The quantitative estimate of drug-likeness (QED) is 0.266. The van der Waals surface area contributed by atoms with E-state index in [1.807, 2.05) is 18.2 Å². The van der Waals surface area contributed by atoms with Crippen LogP contribution in [0.15, 0.2) is 64.4 Å². The number of hydrogen-bond acceptors (Lipinski definition) is 8. The number of nitrogens with one attached hydrogen (secondary N) is 1. The second-order valence-corrected chi connectivity index (χ2v) is 10.7. The van der Waals surface area contributed by atoms with Crippen LogP contribution in [0.25, 0.3) is 0 Å². The van der Waals surface area contributed by atoms with E-state index in [1.54, 1.807) is 26.4 Å². The van der Waals surface area contributed by atoms with Gasteiger partial charge in [0, 0.05) is 6.54 Å². The summed E-state index contributed by atoms with van der Waals surface area (Å²) in [5.74, 6) is 2.02. The van der Waals surface area contributed by atoms with Gasteiger partial charge in [-0.05, 0) is 67.1 Å². The fraction of sp³-hybridized carbons (Fsp3) is 0.308. The smallest absolute Gasteiger partial charge is 0.208 e. The first-order valence-electron chi connectivity index (χ1n) is 11.3. The van der Waals surface area contributed by atoms with Gasteiger partial charge in [-0.15, -0.1) is 12.4 Å². The topological polar surface area (TPSA) is 103 Å². The summed E-state index contributed by atoms with van der Waals surface area (Å²) >= 11 is 12.6. The molecule has 0 heterocycles. The van der Waals surface area contributed by atoms with E-state index in [0.717, 1.165) is 12.0 Å². The second kappa shape index (κ2) is 14.7. The van der Waals surface area contributed by atoms with Crippen molar-refractivity contribution in [2.45, 2.75) is 22.3 Å². The summed E-state index contributed by atoms with van der Waals surface area (Å²) in [5, 5.41) is 13.2. The number of methoxy groups -OCH3 is 3. The first kappa shape index (κ1) is 31.8. The van der Waals surface area contributed by atoms with Crippen molar-refractivity contribution in [3.05, 3.63) is 70.2 Å². The maximum Gasteiger partial charge on any atom is 0.208 e. The Kier molecular flexibility index (Phi) is 12.3. The number of hydrogen-bond donors (Lipinski definition) is 2. The SMILES string of the molecule is COc1ccc(S(=O)(=O)c2ccc(OCC(O)CNCCc3ccc(OC)c(OC)c3)c(Cl)c2Cl)cc1.Cl. The highest BCUT2D eigenvalue weighted by Gasteiger charge is 2.24. The maximum atomic E-state index is 13.0. The Labute approximate surface area is 239 Å². The molecule has 0 spiro atoms. The van der Waals surface area contributed by atoms with Gasteiger partial charge in [0.15, 0.2) is 11.5 Å². The van der Waals surface area contributed by atoms with Gasteiger partial charge in [0.05, 0.1) is 36.1 Å². The van der Waals surface area contributed by atoms with E-state index in [4.69, 9.17) is 42.1 Å². The average Bonchev–Trinajstić information content (AvgIpc) is 2.91. The number of aliphatic hydroxyl groups excluding tert-OH is 1. The summed E-state index contributed by atoms with van der Waals surface area (Å²) in [6, 6.07) is 14.4. The van der Waals surface area contributed by atoms with Crippen LogP contribution in [0.4, 0.5) is 0 Å². The van der Waals surface area contributed by atoms with Gasteiger partial charge < -0.3 is 29.4 Å². The molecule has 0 aliphatic carbocycles. The van der Waals surface area contributed by atoms with E-state index >= 15 is 0 Å². The molecule has 2 N–H and O–H groups in total. The molecule has 38 heavy (non-hydrogen) atoms. The van der Waals surface area contributed by atoms with Crippen molar-refractivity contribution in [2.24, 2.45) is 0 Å². The third kappa shape index (κ3) is 7.81. The number of rotatable bonds is 13. The molecule has 0 aliphatic heterocycles. The van der Waals surface area contributed by atoms with E-state index < -0.39 is 15.9 Å². The van der Waals surface area contributed by atoms with Crippen LogP contribution in [0.3, 0.4) is 0 Å². The van der Waals surface area contributed by atoms with E-state index in [-0.39, 0.29) is 51.1 Å². The van der Waals surface area contributed by atoms with Gasteiger partial charge in [0.1, 0.15) is 29.2 Å². The standard InChI is InChI=1S/C26H29Cl2NO7S.ClH/c1-33-19-5-7-20(8-6-19)37(31,32)24-11-10-22(25(27)26(24)28)36-16-18(30)15-29-13-12-17-4-9-21(34-2)23(14-17)35-3;/h4-11,14,18,29-30H,12-13,15-16H2,1-3H3;1H. The van der Waals surface area contributed by atoms with Crippen LogP contribution < -0.4 is 24.3 Å². The van der Waals surface area contributed by atoms with Crippen LogP contribution in [0.2, 0.25) is 10.0 Å². The van der Waals surface area contributed by atoms with Crippen LogP contribution in [0.1, 0.15) is 5.56 Å². The summed E-state index contributed by atoms with van der Waals surface area (Å²) in [6.45, 7) is 0.837. The van der Waals surface area contributed by atoms with Crippen molar-refractivity contribution in [1.29, 1.82) is 0 Å². The van der Waals surface area contributed by atoms with Crippen LogP contribution in [-0.2, 0) is 16.3 Å². The van der Waals surface area contributed by atoms with Crippen molar-refractivity contribution in [3.8, 4) is 23.0 Å². The van der Waals surface area contributed by atoms with E-state index in [9.17, 15) is 13.5 Å². The molecule has 0 aromatic heterocycles. The molecule has 1 unspecified atom stereocenters. The molecule has 1 atom stereocenters. The third-order valence-corrected chi connectivity index (χ3v) is 8.31. The molecule has 0 amide bonds.